The fourth-order valence-electron chi connectivity index (χ4n) is 1.52. The van der Waals surface area contributed by atoms with Crippen LogP contribution in [-0.4, -0.2) is 23.5 Å². The predicted octanol–water partition coefficient (Wildman–Crippen LogP) is 1.08. The molecule has 1 unspecified atom stereocenters. The van der Waals surface area contributed by atoms with Crippen LogP contribution in [0.3, 0.4) is 0 Å². The van der Waals surface area contributed by atoms with E-state index in [1.54, 1.807) is 6.08 Å². The molecule has 0 saturated heterocycles. The van der Waals surface area contributed by atoms with Gasteiger partial charge >= 0.3 is 5.97 Å². The second-order valence-corrected chi connectivity index (χ2v) is 3.45. The smallest absolute Gasteiger partial charge is 0.332 e. The van der Waals surface area contributed by atoms with Gasteiger partial charge in [-0.1, -0.05) is 30.3 Å². The second kappa shape index (κ2) is 4.61. The van der Waals surface area contributed by atoms with Gasteiger partial charge in [0.05, 0.1) is 0 Å². The van der Waals surface area contributed by atoms with Crippen LogP contribution in [0, 0.1) is 0 Å². The molecule has 0 radical (unpaired) electrons. The van der Waals surface area contributed by atoms with Crippen LogP contribution in [-0.2, 0) is 20.9 Å². The standard InChI is InChI=1S/C12H11NO3/c14-9-13(11-6-7-12(15)16-11)8-10-4-2-1-3-5-10/h1-7,9,11H,8H2. The van der Waals surface area contributed by atoms with Crippen LogP contribution in [0.15, 0.2) is 42.5 Å². The third-order valence-corrected chi connectivity index (χ3v) is 2.30. The zero-order chi connectivity index (χ0) is 11.4. The highest BCUT2D eigenvalue weighted by Gasteiger charge is 2.22. The number of carbonyl (C=O) groups is 2. The molecule has 1 aliphatic heterocycles. The van der Waals surface area contributed by atoms with Crippen LogP contribution < -0.4 is 0 Å². The summed E-state index contributed by atoms with van der Waals surface area (Å²) in [5, 5.41) is 0. The Labute approximate surface area is 93.1 Å². The second-order valence-electron chi connectivity index (χ2n) is 3.45. The number of ether oxygens (including phenoxy) is 1. The highest BCUT2D eigenvalue weighted by atomic mass is 16.6. The molecule has 1 aliphatic rings. The molecule has 16 heavy (non-hydrogen) atoms. The quantitative estimate of drug-likeness (QED) is 0.560. The van der Waals surface area contributed by atoms with Crippen molar-refractivity contribution in [1.82, 2.24) is 4.90 Å². The van der Waals surface area contributed by atoms with Gasteiger partial charge in [0.25, 0.3) is 0 Å². The Morgan fingerprint density at radius 3 is 2.62 bits per heavy atom. The maximum atomic E-state index is 10.9. The van der Waals surface area contributed by atoms with Gasteiger partial charge in [0.2, 0.25) is 6.41 Å². The van der Waals surface area contributed by atoms with Gasteiger partial charge in [-0.05, 0) is 11.6 Å². The number of nitrogens with zero attached hydrogens (tertiary/aromatic N) is 1. The molecule has 82 valence electrons. The van der Waals surface area contributed by atoms with Gasteiger partial charge in [-0.25, -0.2) is 4.79 Å². The summed E-state index contributed by atoms with van der Waals surface area (Å²) in [5.74, 6) is -0.412. The first kappa shape index (κ1) is 10.4. The van der Waals surface area contributed by atoms with Crippen LogP contribution in [0.1, 0.15) is 5.56 Å². The number of cyclic esters (lactones) is 1. The van der Waals surface area contributed by atoms with Crippen LogP contribution in [0.4, 0.5) is 0 Å². The predicted molar refractivity (Wildman–Crippen MR) is 57.1 cm³/mol. The molecular formula is C12H11NO3. The zero-order valence-electron chi connectivity index (χ0n) is 8.58. The summed E-state index contributed by atoms with van der Waals surface area (Å²) >= 11 is 0. The summed E-state index contributed by atoms with van der Waals surface area (Å²) in [4.78, 5) is 23.2. The Morgan fingerprint density at radius 2 is 2.06 bits per heavy atom. The van der Waals surface area contributed by atoms with Crippen molar-refractivity contribution in [3.63, 3.8) is 0 Å². The molecule has 4 nitrogen and oxygen atoms in total. The summed E-state index contributed by atoms with van der Waals surface area (Å²) in [6.45, 7) is 0.423. The minimum atomic E-state index is -0.579. The first-order valence-electron chi connectivity index (χ1n) is 4.93. The van der Waals surface area contributed by atoms with E-state index in [2.05, 4.69) is 0 Å². The maximum Gasteiger partial charge on any atom is 0.332 e. The van der Waals surface area contributed by atoms with Crippen LogP contribution in [0.25, 0.3) is 0 Å². The largest absolute Gasteiger partial charge is 0.435 e. The van der Waals surface area contributed by atoms with E-state index >= 15 is 0 Å². The Hall–Kier alpha value is -2.10. The van der Waals surface area contributed by atoms with Crippen molar-refractivity contribution >= 4 is 12.4 Å². The summed E-state index contributed by atoms with van der Waals surface area (Å²) in [6.07, 6.45) is 3.00. The van der Waals surface area contributed by atoms with Crippen molar-refractivity contribution in [3.8, 4) is 0 Å². The Bertz CT molecular complexity index is 414. The fourth-order valence-corrected chi connectivity index (χ4v) is 1.52. The van der Waals surface area contributed by atoms with Gasteiger partial charge in [0.15, 0.2) is 6.23 Å². The van der Waals surface area contributed by atoms with Gasteiger partial charge in [0.1, 0.15) is 0 Å². The van der Waals surface area contributed by atoms with Crippen molar-refractivity contribution in [1.29, 1.82) is 0 Å². The summed E-state index contributed by atoms with van der Waals surface area (Å²) in [7, 11) is 0. The van der Waals surface area contributed by atoms with E-state index in [0.29, 0.717) is 13.0 Å². The molecule has 0 aromatic heterocycles. The van der Waals surface area contributed by atoms with E-state index in [4.69, 9.17) is 4.74 Å². The SMILES string of the molecule is O=CN(Cc1ccccc1)C1C=CC(=O)O1. The molecule has 1 heterocycles. The van der Waals surface area contributed by atoms with E-state index in [1.165, 1.54) is 11.0 Å². The lowest BCUT2D eigenvalue weighted by molar-refractivity contribution is -0.148. The number of amides is 1. The molecule has 0 aliphatic carbocycles. The average Bonchev–Trinajstić information content (AvgIpc) is 2.74. The average molecular weight is 217 g/mol. The van der Waals surface area contributed by atoms with Crippen LogP contribution >= 0.6 is 0 Å². The lowest BCUT2D eigenvalue weighted by atomic mass is 10.2. The fraction of sp³-hybridized carbons (Fsp3) is 0.167. The van der Waals surface area contributed by atoms with E-state index < -0.39 is 12.2 Å². The van der Waals surface area contributed by atoms with Crippen molar-refractivity contribution in [2.75, 3.05) is 0 Å². The number of hydrogen-bond acceptors (Lipinski definition) is 3. The van der Waals surface area contributed by atoms with Gasteiger partial charge < -0.3 is 9.64 Å². The Balaban J connectivity index is 2.04. The topological polar surface area (TPSA) is 46.6 Å². The first-order chi connectivity index (χ1) is 7.79. The van der Waals surface area contributed by atoms with E-state index in [1.807, 2.05) is 30.3 Å². The Morgan fingerprint density at radius 1 is 1.31 bits per heavy atom. The molecule has 0 bridgehead atoms. The monoisotopic (exact) mass is 217 g/mol. The third kappa shape index (κ3) is 2.28. The molecule has 1 atom stereocenters. The Kier molecular flexibility index (Phi) is 3.00. The van der Waals surface area contributed by atoms with Crippen LogP contribution in [0.5, 0.6) is 0 Å². The highest BCUT2D eigenvalue weighted by Crippen LogP contribution is 2.12. The van der Waals surface area contributed by atoms with E-state index in [0.717, 1.165) is 5.56 Å². The summed E-state index contributed by atoms with van der Waals surface area (Å²) in [5.41, 5.74) is 0.992. The molecule has 1 aromatic rings. The van der Waals surface area contributed by atoms with E-state index in [9.17, 15) is 9.59 Å². The molecule has 1 amide bonds. The number of esters is 1. The molecule has 4 heteroatoms. The number of rotatable bonds is 4. The first-order valence-corrected chi connectivity index (χ1v) is 4.93. The molecule has 0 saturated carbocycles. The third-order valence-electron chi connectivity index (χ3n) is 2.30. The van der Waals surface area contributed by atoms with E-state index in [-0.39, 0.29) is 0 Å². The lowest BCUT2D eigenvalue weighted by Crippen LogP contribution is -2.33. The molecule has 2 rings (SSSR count). The highest BCUT2D eigenvalue weighted by molar-refractivity contribution is 5.84. The van der Waals surface area contributed by atoms with Gasteiger partial charge in [0, 0.05) is 12.6 Å². The van der Waals surface area contributed by atoms with Gasteiger partial charge in [-0.3, -0.25) is 4.79 Å². The van der Waals surface area contributed by atoms with Crippen molar-refractivity contribution in [3.05, 3.63) is 48.0 Å². The van der Waals surface area contributed by atoms with Gasteiger partial charge in [-0.2, -0.15) is 0 Å². The summed E-state index contributed by atoms with van der Waals surface area (Å²) in [6, 6.07) is 9.53. The van der Waals surface area contributed by atoms with Crippen molar-refractivity contribution in [2.24, 2.45) is 0 Å². The normalized spacial score (nSPS) is 18.2. The van der Waals surface area contributed by atoms with Crippen molar-refractivity contribution in [2.45, 2.75) is 12.8 Å². The number of benzene rings is 1. The summed E-state index contributed by atoms with van der Waals surface area (Å²) < 4.78 is 4.93. The molecule has 0 spiro atoms. The molecule has 0 N–H and O–H groups in total. The minimum Gasteiger partial charge on any atom is -0.435 e. The van der Waals surface area contributed by atoms with Crippen molar-refractivity contribution < 1.29 is 14.3 Å². The lowest BCUT2D eigenvalue weighted by Gasteiger charge is -2.22. The number of hydrogen-bond donors (Lipinski definition) is 0. The van der Waals surface area contributed by atoms with Gasteiger partial charge in [-0.15, -0.1) is 0 Å². The molecule has 1 aromatic carbocycles. The van der Waals surface area contributed by atoms with Crippen LogP contribution in [0.2, 0.25) is 0 Å². The molecule has 0 fully saturated rings. The maximum absolute atomic E-state index is 10.9. The number of carbonyl (C=O) groups excluding carboxylic acids is 2. The minimum absolute atomic E-state index is 0.412. The zero-order valence-corrected chi connectivity index (χ0v) is 8.58. The molecular weight excluding hydrogens is 206 g/mol.